The zero-order valence-electron chi connectivity index (χ0n) is 19.4. The average Bonchev–Trinajstić information content (AvgIpc) is 3.38. The Balaban J connectivity index is 2.32. The largest absolute Gasteiger partial charge is 0.459 e. The van der Waals surface area contributed by atoms with E-state index in [1.54, 1.807) is 41.5 Å². The molecule has 11 nitrogen and oxygen atoms in total. The SMILES string of the molecule is CC(C)(C)OC(=O)N(C(=O)OC(C)(C)C)[C@@]1(C(=O)OCc2ccc([N+](=O)[O-])cc2)C[C@H]1C=O. The van der Waals surface area contributed by atoms with Gasteiger partial charge in [0.1, 0.15) is 24.1 Å². The molecule has 180 valence electrons. The number of non-ortho nitro benzene ring substituents is 1. The average molecular weight is 464 g/mol. The fraction of sp³-hybridized carbons (Fsp3) is 0.545. The summed E-state index contributed by atoms with van der Waals surface area (Å²) >= 11 is 0. The number of ether oxygens (including phenoxy) is 3. The van der Waals surface area contributed by atoms with Crippen LogP contribution in [0.4, 0.5) is 15.3 Å². The van der Waals surface area contributed by atoms with Crippen LogP contribution in [0.5, 0.6) is 0 Å². The molecule has 0 aromatic heterocycles. The van der Waals surface area contributed by atoms with Crippen LogP contribution < -0.4 is 0 Å². The summed E-state index contributed by atoms with van der Waals surface area (Å²) in [5.74, 6) is -1.99. The van der Waals surface area contributed by atoms with Crippen molar-refractivity contribution in [1.29, 1.82) is 0 Å². The number of hydrogen-bond acceptors (Lipinski definition) is 9. The number of benzene rings is 1. The van der Waals surface area contributed by atoms with Crippen molar-refractivity contribution in [2.24, 2.45) is 5.92 Å². The number of aldehydes is 1. The van der Waals surface area contributed by atoms with Crippen molar-refractivity contribution in [1.82, 2.24) is 4.90 Å². The number of amides is 2. The van der Waals surface area contributed by atoms with Crippen molar-refractivity contribution >= 4 is 30.1 Å². The first-order valence-corrected chi connectivity index (χ1v) is 10.2. The van der Waals surface area contributed by atoms with E-state index in [2.05, 4.69) is 0 Å². The van der Waals surface area contributed by atoms with Gasteiger partial charge in [-0.25, -0.2) is 14.4 Å². The van der Waals surface area contributed by atoms with Crippen LogP contribution in [0.15, 0.2) is 24.3 Å². The van der Waals surface area contributed by atoms with Crippen LogP contribution >= 0.6 is 0 Å². The molecule has 0 saturated heterocycles. The number of nitrogens with zero attached hydrogens (tertiary/aromatic N) is 2. The summed E-state index contributed by atoms with van der Waals surface area (Å²) in [5, 5.41) is 10.8. The van der Waals surface area contributed by atoms with Gasteiger partial charge in [0, 0.05) is 12.1 Å². The zero-order chi connectivity index (χ0) is 25.2. The molecule has 1 aliphatic carbocycles. The van der Waals surface area contributed by atoms with Gasteiger partial charge in [-0.05, 0) is 65.7 Å². The first-order valence-electron chi connectivity index (χ1n) is 10.2. The highest BCUT2D eigenvalue weighted by molar-refractivity contribution is 6.01. The standard InChI is InChI=1S/C22H28N2O9/c1-20(2,3)32-18(27)23(19(28)33-21(4,5)6)22(11-15(22)12-25)17(26)31-13-14-7-9-16(10-8-14)24(29)30/h7-10,12,15H,11,13H2,1-6H3/t15-,22-/m0/s1. The molecule has 2 amide bonds. The van der Waals surface area contributed by atoms with Gasteiger partial charge in [-0.3, -0.25) is 10.1 Å². The molecule has 1 aromatic rings. The van der Waals surface area contributed by atoms with E-state index in [0.29, 0.717) is 16.7 Å². The Bertz CT molecular complexity index is 916. The maximum atomic E-state index is 13.1. The predicted octanol–water partition coefficient (Wildman–Crippen LogP) is 3.77. The molecule has 1 aliphatic rings. The Hall–Kier alpha value is -3.50. The third-order valence-corrected chi connectivity index (χ3v) is 4.57. The summed E-state index contributed by atoms with van der Waals surface area (Å²) in [6.45, 7) is 9.22. The predicted molar refractivity (Wildman–Crippen MR) is 114 cm³/mol. The van der Waals surface area contributed by atoms with E-state index in [0.717, 1.165) is 0 Å². The summed E-state index contributed by atoms with van der Waals surface area (Å²) in [4.78, 5) is 61.2. The van der Waals surface area contributed by atoms with E-state index < -0.39 is 45.7 Å². The maximum Gasteiger partial charge on any atom is 0.420 e. The summed E-state index contributed by atoms with van der Waals surface area (Å²) in [5.41, 5.74) is -3.59. The van der Waals surface area contributed by atoms with Gasteiger partial charge < -0.3 is 19.0 Å². The first-order chi connectivity index (χ1) is 15.1. The van der Waals surface area contributed by atoms with Crippen LogP contribution in [0, 0.1) is 16.0 Å². The minimum absolute atomic E-state index is 0.134. The molecule has 0 aliphatic heterocycles. The van der Waals surface area contributed by atoms with Crippen molar-refractivity contribution in [3.8, 4) is 0 Å². The smallest absolute Gasteiger partial charge is 0.420 e. The van der Waals surface area contributed by atoms with Crippen LogP contribution in [0.25, 0.3) is 0 Å². The Morgan fingerprint density at radius 1 is 1.06 bits per heavy atom. The number of rotatable bonds is 6. The van der Waals surface area contributed by atoms with Gasteiger partial charge in [0.15, 0.2) is 5.54 Å². The van der Waals surface area contributed by atoms with Crippen molar-refractivity contribution in [2.75, 3.05) is 0 Å². The highest BCUT2D eigenvalue weighted by atomic mass is 16.6. The van der Waals surface area contributed by atoms with Crippen LogP contribution in [0.3, 0.4) is 0 Å². The second kappa shape index (κ2) is 9.16. The normalized spacial score (nSPS) is 19.8. The van der Waals surface area contributed by atoms with Crippen LogP contribution in [-0.4, -0.2) is 51.0 Å². The van der Waals surface area contributed by atoms with Gasteiger partial charge in [-0.15, -0.1) is 0 Å². The quantitative estimate of drug-likeness (QED) is 0.202. The molecule has 0 N–H and O–H groups in total. The van der Waals surface area contributed by atoms with E-state index in [-0.39, 0.29) is 18.7 Å². The Morgan fingerprint density at radius 2 is 1.55 bits per heavy atom. The molecule has 1 aromatic carbocycles. The molecule has 1 fully saturated rings. The maximum absolute atomic E-state index is 13.1. The van der Waals surface area contributed by atoms with Gasteiger partial charge in [0.25, 0.3) is 5.69 Å². The lowest BCUT2D eigenvalue weighted by Gasteiger charge is -2.32. The molecular formula is C22H28N2O9. The Labute approximate surface area is 191 Å². The molecule has 11 heteroatoms. The topological polar surface area (TPSA) is 142 Å². The van der Waals surface area contributed by atoms with Gasteiger partial charge in [0.2, 0.25) is 0 Å². The van der Waals surface area contributed by atoms with Crippen molar-refractivity contribution in [2.45, 2.75) is 71.3 Å². The van der Waals surface area contributed by atoms with E-state index in [9.17, 15) is 29.3 Å². The highest BCUT2D eigenvalue weighted by Gasteiger charge is 2.70. The van der Waals surface area contributed by atoms with E-state index >= 15 is 0 Å². The molecule has 1 saturated carbocycles. The zero-order valence-corrected chi connectivity index (χ0v) is 19.4. The molecule has 0 bridgehead atoms. The third-order valence-electron chi connectivity index (χ3n) is 4.57. The van der Waals surface area contributed by atoms with Gasteiger partial charge >= 0.3 is 18.2 Å². The van der Waals surface area contributed by atoms with Gasteiger partial charge in [-0.2, -0.15) is 4.90 Å². The minimum atomic E-state index is -1.91. The molecular weight excluding hydrogens is 436 g/mol. The fourth-order valence-electron chi connectivity index (χ4n) is 3.02. The number of nitro benzene ring substituents is 1. The molecule has 0 unspecified atom stereocenters. The van der Waals surface area contributed by atoms with E-state index in [1.807, 2.05) is 0 Å². The Kier molecular flexibility index (Phi) is 7.15. The molecule has 0 radical (unpaired) electrons. The lowest BCUT2D eigenvalue weighted by molar-refractivity contribution is -0.384. The molecule has 33 heavy (non-hydrogen) atoms. The first kappa shape index (κ1) is 25.8. The summed E-state index contributed by atoms with van der Waals surface area (Å²) < 4.78 is 15.9. The number of carbonyl (C=O) groups is 4. The summed E-state index contributed by atoms with van der Waals surface area (Å²) in [6.07, 6.45) is -1.97. The van der Waals surface area contributed by atoms with Gasteiger partial charge in [0.05, 0.1) is 10.8 Å². The molecule has 2 rings (SSSR count). The molecule has 0 heterocycles. The van der Waals surface area contributed by atoms with E-state index in [4.69, 9.17) is 14.2 Å². The van der Waals surface area contributed by atoms with Crippen molar-refractivity contribution in [3.05, 3.63) is 39.9 Å². The summed E-state index contributed by atoms with van der Waals surface area (Å²) in [7, 11) is 0. The second-order valence-electron chi connectivity index (χ2n) is 9.67. The monoisotopic (exact) mass is 464 g/mol. The summed E-state index contributed by atoms with van der Waals surface area (Å²) in [6, 6.07) is 5.30. The third kappa shape index (κ3) is 6.27. The number of esters is 1. The number of nitro groups is 1. The second-order valence-corrected chi connectivity index (χ2v) is 9.67. The molecule has 2 atom stereocenters. The number of hydrogen-bond donors (Lipinski definition) is 0. The van der Waals surface area contributed by atoms with Crippen LogP contribution in [-0.2, 0) is 30.4 Å². The van der Waals surface area contributed by atoms with Crippen LogP contribution in [0.2, 0.25) is 0 Å². The Morgan fingerprint density at radius 3 is 1.91 bits per heavy atom. The van der Waals surface area contributed by atoms with Gasteiger partial charge in [-0.1, -0.05) is 0 Å². The lowest BCUT2D eigenvalue weighted by atomic mass is 10.1. The fourth-order valence-corrected chi connectivity index (χ4v) is 3.02. The van der Waals surface area contributed by atoms with Crippen molar-refractivity contribution < 1.29 is 38.3 Å². The number of carbonyl (C=O) groups excluding carboxylic acids is 4. The van der Waals surface area contributed by atoms with Crippen molar-refractivity contribution in [3.63, 3.8) is 0 Å². The minimum Gasteiger partial charge on any atom is -0.459 e. The van der Waals surface area contributed by atoms with E-state index in [1.165, 1.54) is 24.3 Å². The molecule has 0 spiro atoms. The van der Waals surface area contributed by atoms with Crippen LogP contribution in [0.1, 0.15) is 53.5 Å². The highest BCUT2D eigenvalue weighted by Crippen LogP contribution is 2.49. The number of imide groups is 1. The lowest BCUT2D eigenvalue weighted by Crippen LogP contribution is -2.55.